The van der Waals surface area contributed by atoms with E-state index >= 15 is 0 Å². The Balaban J connectivity index is 1.98. The smallest absolute Gasteiger partial charge is 0.335 e. The van der Waals surface area contributed by atoms with Crippen LogP contribution in [0.1, 0.15) is 23.7 Å². The highest BCUT2D eigenvalue weighted by Gasteiger charge is 2.23. The van der Waals surface area contributed by atoms with Crippen LogP contribution in [0.5, 0.6) is 0 Å². The molecular weight excluding hydrogens is 296 g/mol. The van der Waals surface area contributed by atoms with Crippen LogP contribution in [0.4, 0.5) is 10.5 Å². The number of carbonyl (C=O) groups excluding carboxylic acids is 1. The lowest BCUT2D eigenvalue weighted by Crippen LogP contribution is -2.40. The molecule has 114 valence electrons. The van der Waals surface area contributed by atoms with Crippen LogP contribution in [0.25, 0.3) is 0 Å². The largest absolute Gasteiger partial charge is 0.478 e. The predicted octanol–water partition coefficient (Wildman–Crippen LogP) is 2.58. The molecule has 0 aromatic heterocycles. The van der Waals surface area contributed by atoms with Crippen molar-refractivity contribution in [1.82, 2.24) is 5.32 Å². The van der Waals surface area contributed by atoms with Gasteiger partial charge in [-0.15, -0.1) is 0 Å². The van der Waals surface area contributed by atoms with Gasteiger partial charge in [-0.05, 0) is 31.5 Å². The van der Waals surface area contributed by atoms with Crippen molar-refractivity contribution in [2.24, 2.45) is 5.92 Å². The summed E-state index contributed by atoms with van der Waals surface area (Å²) < 4.78 is 5.28. The van der Waals surface area contributed by atoms with E-state index in [1.165, 1.54) is 18.2 Å². The number of benzene rings is 1. The average Bonchev–Trinajstić information content (AvgIpc) is 2.95. The molecule has 0 saturated carbocycles. The fourth-order valence-corrected chi connectivity index (χ4v) is 2.35. The molecule has 3 N–H and O–H groups in total. The molecule has 2 unspecified atom stereocenters. The normalized spacial score (nSPS) is 19.0. The van der Waals surface area contributed by atoms with Crippen LogP contribution in [-0.2, 0) is 4.74 Å². The van der Waals surface area contributed by atoms with E-state index in [2.05, 4.69) is 10.6 Å². The van der Waals surface area contributed by atoms with Crippen molar-refractivity contribution in [3.8, 4) is 0 Å². The second kappa shape index (κ2) is 6.78. The third-order valence-electron chi connectivity index (χ3n) is 3.49. The molecule has 0 aliphatic carbocycles. The highest BCUT2D eigenvalue weighted by atomic mass is 35.5. The van der Waals surface area contributed by atoms with Gasteiger partial charge in [0.2, 0.25) is 0 Å². The van der Waals surface area contributed by atoms with E-state index in [1.807, 2.05) is 6.92 Å². The van der Waals surface area contributed by atoms with Gasteiger partial charge in [0.25, 0.3) is 0 Å². The standard InChI is InChI=1S/C14H17ClN2O4/c1-8(10-4-5-21-7-10)16-14(20)17-12-6-9(13(18)19)2-3-11(12)15/h2-3,6,8,10H,4-5,7H2,1H3,(H,18,19)(H2,16,17,20). The molecule has 1 aromatic rings. The molecular formula is C14H17ClN2O4. The van der Waals surface area contributed by atoms with Crippen molar-refractivity contribution in [1.29, 1.82) is 0 Å². The molecule has 1 aliphatic heterocycles. The van der Waals surface area contributed by atoms with E-state index < -0.39 is 12.0 Å². The zero-order valence-electron chi connectivity index (χ0n) is 11.6. The van der Waals surface area contributed by atoms with Crippen molar-refractivity contribution >= 4 is 29.3 Å². The molecule has 2 rings (SSSR count). The van der Waals surface area contributed by atoms with Crippen LogP contribution >= 0.6 is 11.6 Å². The molecule has 0 spiro atoms. The molecule has 7 heteroatoms. The van der Waals surface area contributed by atoms with Gasteiger partial charge < -0.3 is 20.5 Å². The van der Waals surface area contributed by atoms with Crippen molar-refractivity contribution < 1.29 is 19.4 Å². The van der Waals surface area contributed by atoms with Crippen LogP contribution in [-0.4, -0.2) is 36.4 Å². The van der Waals surface area contributed by atoms with Crippen molar-refractivity contribution in [3.63, 3.8) is 0 Å². The Morgan fingerprint density at radius 1 is 1.48 bits per heavy atom. The highest BCUT2D eigenvalue weighted by Crippen LogP contribution is 2.23. The van der Waals surface area contributed by atoms with Gasteiger partial charge in [-0.2, -0.15) is 0 Å². The van der Waals surface area contributed by atoms with Gasteiger partial charge in [-0.1, -0.05) is 11.6 Å². The predicted molar refractivity (Wildman–Crippen MR) is 79.0 cm³/mol. The van der Waals surface area contributed by atoms with E-state index in [1.54, 1.807) is 0 Å². The monoisotopic (exact) mass is 312 g/mol. The lowest BCUT2D eigenvalue weighted by molar-refractivity contribution is 0.0697. The summed E-state index contributed by atoms with van der Waals surface area (Å²) in [4.78, 5) is 22.9. The van der Waals surface area contributed by atoms with Crippen molar-refractivity contribution in [2.45, 2.75) is 19.4 Å². The number of hydrogen-bond donors (Lipinski definition) is 3. The number of urea groups is 1. The number of aromatic carboxylic acids is 1. The minimum Gasteiger partial charge on any atom is -0.478 e. The Morgan fingerprint density at radius 2 is 2.24 bits per heavy atom. The second-order valence-electron chi connectivity index (χ2n) is 5.01. The first-order chi connectivity index (χ1) is 9.97. The van der Waals surface area contributed by atoms with Gasteiger partial charge in [0.15, 0.2) is 0 Å². The summed E-state index contributed by atoms with van der Waals surface area (Å²) in [6, 6.07) is 3.70. The van der Waals surface area contributed by atoms with Gasteiger partial charge in [0.1, 0.15) is 0 Å². The topological polar surface area (TPSA) is 87.7 Å². The van der Waals surface area contributed by atoms with Gasteiger partial charge >= 0.3 is 12.0 Å². The fraction of sp³-hybridized carbons (Fsp3) is 0.429. The Kier molecular flexibility index (Phi) is 5.03. The molecule has 1 heterocycles. The maximum atomic E-state index is 11.9. The summed E-state index contributed by atoms with van der Waals surface area (Å²) in [6.07, 6.45) is 0.913. The number of amides is 2. The van der Waals surface area contributed by atoms with Gasteiger partial charge in [0.05, 0.1) is 22.9 Å². The highest BCUT2D eigenvalue weighted by molar-refractivity contribution is 6.33. The lowest BCUT2D eigenvalue weighted by Gasteiger charge is -2.19. The Labute approximate surface area is 127 Å². The Morgan fingerprint density at radius 3 is 2.86 bits per heavy atom. The van der Waals surface area contributed by atoms with E-state index in [0.29, 0.717) is 13.2 Å². The first-order valence-corrected chi connectivity index (χ1v) is 7.03. The first kappa shape index (κ1) is 15.6. The van der Waals surface area contributed by atoms with Crippen LogP contribution in [0.15, 0.2) is 18.2 Å². The molecule has 1 fully saturated rings. The molecule has 1 saturated heterocycles. The summed E-state index contributed by atoms with van der Waals surface area (Å²) >= 11 is 5.95. The first-order valence-electron chi connectivity index (χ1n) is 6.65. The van der Waals surface area contributed by atoms with Crippen molar-refractivity contribution in [3.05, 3.63) is 28.8 Å². The minimum atomic E-state index is -1.08. The molecule has 6 nitrogen and oxygen atoms in total. The van der Waals surface area contributed by atoms with E-state index in [9.17, 15) is 9.59 Å². The number of carboxylic acids is 1. The molecule has 0 bridgehead atoms. The SMILES string of the molecule is CC(NC(=O)Nc1cc(C(=O)O)ccc1Cl)C1CCOC1. The van der Waals surface area contributed by atoms with E-state index in [4.69, 9.17) is 21.4 Å². The number of ether oxygens (including phenoxy) is 1. The number of carbonyl (C=O) groups is 2. The summed E-state index contributed by atoms with van der Waals surface area (Å²) in [6.45, 7) is 3.26. The lowest BCUT2D eigenvalue weighted by atomic mass is 10.0. The summed E-state index contributed by atoms with van der Waals surface area (Å²) in [5.74, 6) is -0.789. The number of carboxylic acid groups (broad SMARTS) is 1. The third kappa shape index (κ3) is 4.09. The Hall–Kier alpha value is -1.79. The van der Waals surface area contributed by atoms with E-state index in [-0.39, 0.29) is 28.2 Å². The zero-order valence-corrected chi connectivity index (χ0v) is 12.3. The maximum absolute atomic E-state index is 11.9. The van der Waals surface area contributed by atoms with E-state index in [0.717, 1.165) is 6.42 Å². The number of nitrogens with one attached hydrogen (secondary N) is 2. The summed E-state index contributed by atoms with van der Waals surface area (Å²) in [5, 5.41) is 14.6. The average molecular weight is 313 g/mol. The number of halogens is 1. The van der Waals surface area contributed by atoms with Crippen LogP contribution in [0.2, 0.25) is 5.02 Å². The molecule has 21 heavy (non-hydrogen) atoms. The molecule has 2 atom stereocenters. The van der Waals surface area contributed by atoms with Crippen LogP contribution in [0, 0.1) is 5.92 Å². The van der Waals surface area contributed by atoms with Gasteiger partial charge in [0, 0.05) is 18.6 Å². The third-order valence-corrected chi connectivity index (χ3v) is 3.82. The number of rotatable bonds is 4. The zero-order chi connectivity index (χ0) is 15.4. The molecule has 0 radical (unpaired) electrons. The quantitative estimate of drug-likeness (QED) is 0.797. The number of anilines is 1. The van der Waals surface area contributed by atoms with Crippen LogP contribution in [0.3, 0.4) is 0 Å². The van der Waals surface area contributed by atoms with Gasteiger partial charge in [-0.25, -0.2) is 9.59 Å². The summed E-state index contributed by atoms with van der Waals surface area (Å²) in [7, 11) is 0. The fourth-order valence-electron chi connectivity index (χ4n) is 2.18. The summed E-state index contributed by atoms with van der Waals surface area (Å²) in [5.41, 5.74) is 0.330. The number of hydrogen-bond acceptors (Lipinski definition) is 3. The van der Waals surface area contributed by atoms with Crippen molar-refractivity contribution in [2.75, 3.05) is 18.5 Å². The minimum absolute atomic E-state index is 0.0334. The molecule has 1 aromatic carbocycles. The maximum Gasteiger partial charge on any atom is 0.335 e. The molecule has 1 aliphatic rings. The Bertz CT molecular complexity index is 544. The second-order valence-corrected chi connectivity index (χ2v) is 5.42. The van der Waals surface area contributed by atoms with Gasteiger partial charge in [-0.3, -0.25) is 0 Å². The van der Waals surface area contributed by atoms with Crippen LogP contribution < -0.4 is 10.6 Å². The molecule has 2 amide bonds.